The third kappa shape index (κ3) is 4.09. The van der Waals surface area contributed by atoms with Crippen molar-refractivity contribution < 1.29 is 13.9 Å². The van der Waals surface area contributed by atoms with E-state index in [9.17, 15) is 9.18 Å². The Bertz CT molecular complexity index is 1200. The van der Waals surface area contributed by atoms with E-state index in [-0.39, 0.29) is 12.2 Å². The second-order valence-electron chi connectivity index (χ2n) is 6.80. The van der Waals surface area contributed by atoms with Crippen LogP contribution in [-0.2, 0) is 11.3 Å². The second kappa shape index (κ2) is 8.71. The van der Waals surface area contributed by atoms with Gasteiger partial charge in [0, 0.05) is 28.3 Å². The molecular formula is C24H20BrFN2O2. The number of ether oxygens (including phenoxy) is 1. The number of rotatable bonds is 6. The average Bonchev–Trinajstić information content (AvgIpc) is 3.17. The van der Waals surface area contributed by atoms with Crippen LogP contribution >= 0.6 is 15.9 Å². The van der Waals surface area contributed by atoms with Crippen molar-refractivity contribution in [3.05, 3.63) is 94.3 Å². The highest BCUT2D eigenvalue weighted by Crippen LogP contribution is 2.29. The number of hydrogen-bond acceptors (Lipinski definition) is 3. The van der Waals surface area contributed by atoms with E-state index < -0.39 is 11.8 Å². The van der Waals surface area contributed by atoms with E-state index in [1.54, 1.807) is 17.6 Å². The first kappa shape index (κ1) is 20.2. The Morgan fingerprint density at radius 1 is 1.10 bits per heavy atom. The molecule has 0 spiro atoms. The summed E-state index contributed by atoms with van der Waals surface area (Å²) in [7, 11) is 0. The highest BCUT2D eigenvalue weighted by atomic mass is 79.9. The molecular weight excluding hydrogens is 447 g/mol. The molecule has 0 aliphatic carbocycles. The van der Waals surface area contributed by atoms with Gasteiger partial charge in [-0.2, -0.15) is 0 Å². The summed E-state index contributed by atoms with van der Waals surface area (Å²) in [4.78, 5) is 12.0. The number of esters is 1. The number of aromatic nitrogens is 1. The molecule has 0 saturated heterocycles. The zero-order valence-corrected chi connectivity index (χ0v) is 17.9. The number of benzene rings is 3. The second-order valence-corrected chi connectivity index (χ2v) is 7.66. The molecule has 0 saturated carbocycles. The van der Waals surface area contributed by atoms with E-state index in [0.29, 0.717) is 10.2 Å². The van der Waals surface area contributed by atoms with Crippen LogP contribution in [0.1, 0.15) is 22.8 Å². The molecule has 1 heterocycles. The number of fused-ring (bicyclic) bond motifs is 1. The summed E-state index contributed by atoms with van der Waals surface area (Å²) in [6.45, 7) is 2.67. The standard InChI is InChI=1S/C24H20BrFN2O2/c1-2-30-24(29)19-13-21(26)23(14-20(19)25)28-11-10-17-12-18(8-9-22(17)28)27-15-16-6-4-3-5-7-16/h3-14,27H,2,15H2,1H3. The number of anilines is 1. The van der Waals surface area contributed by atoms with Gasteiger partial charge < -0.3 is 14.6 Å². The molecule has 0 amide bonds. The lowest BCUT2D eigenvalue weighted by atomic mass is 10.2. The average molecular weight is 467 g/mol. The van der Waals surface area contributed by atoms with E-state index >= 15 is 0 Å². The van der Waals surface area contributed by atoms with Gasteiger partial charge in [-0.25, -0.2) is 9.18 Å². The Morgan fingerprint density at radius 3 is 2.67 bits per heavy atom. The Labute approximate surface area is 182 Å². The zero-order valence-electron chi connectivity index (χ0n) is 16.4. The summed E-state index contributed by atoms with van der Waals surface area (Å²) in [6, 6.07) is 20.9. The molecule has 3 aromatic carbocycles. The minimum absolute atomic E-state index is 0.168. The molecule has 0 atom stereocenters. The predicted molar refractivity (Wildman–Crippen MR) is 121 cm³/mol. The fourth-order valence-corrected chi connectivity index (χ4v) is 3.84. The lowest BCUT2D eigenvalue weighted by molar-refractivity contribution is 0.0524. The van der Waals surface area contributed by atoms with Crippen LogP contribution in [0.4, 0.5) is 10.1 Å². The summed E-state index contributed by atoms with van der Waals surface area (Å²) in [6.07, 6.45) is 1.82. The van der Waals surface area contributed by atoms with Gasteiger partial charge in [-0.1, -0.05) is 30.3 Å². The minimum Gasteiger partial charge on any atom is -0.462 e. The molecule has 0 unspecified atom stereocenters. The van der Waals surface area contributed by atoms with Gasteiger partial charge in [0.15, 0.2) is 0 Å². The van der Waals surface area contributed by atoms with Crippen molar-refractivity contribution >= 4 is 38.5 Å². The maximum atomic E-state index is 14.8. The van der Waals surface area contributed by atoms with Crippen LogP contribution < -0.4 is 5.32 Å². The lowest BCUT2D eigenvalue weighted by Crippen LogP contribution is -2.08. The summed E-state index contributed by atoms with van der Waals surface area (Å²) in [5.74, 6) is -1.05. The van der Waals surface area contributed by atoms with E-state index in [1.807, 2.05) is 48.7 Å². The minimum atomic E-state index is -0.554. The molecule has 1 N–H and O–H groups in total. The van der Waals surface area contributed by atoms with Crippen molar-refractivity contribution in [2.75, 3.05) is 11.9 Å². The number of hydrogen-bond donors (Lipinski definition) is 1. The normalized spacial score (nSPS) is 10.9. The number of nitrogens with one attached hydrogen (secondary N) is 1. The third-order valence-electron chi connectivity index (χ3n) is 4.82. The molecule has 0 radical (unpaired) electrons. The Balaban J connectivity index is 1.62. The lowest BCUT2D eigenvalue weighted by Gasteiger charge is -2.12. The Hall–Kier alpha value is -3.12. The Morgan fingerprint density at radius 2 is 1.90 bits per heavy atom. The highest BCUT2D eigenvalue weighted by Gasteiger charge is 2.17. The summed E-state index contributed by atoms with van der Waals surface area (Å²) in [5, 5.41) is 4.40. The largest absolute Gasteiger partial charge is 0.462 e. The van der Waals surface area contributed by atoms with Crippen LogP contribution in [0, 0.1) is 5.82 Å². The molecule has 0 fully saturated rings. The van der Waals surface area contributed by atoms with Crippen LogP contribution in [0.2, 0.25) is 0 Å². The van der Waals surface area contributed by atoms with Gasteiger partial charge in [-0.3, -0.25) is 0 Å². The fourth-order valence-electron chi connectivity index (χ4n) is 3.35. The summed E-state index contributed by atoms with van der Waals surface area (Å²) < 4.78 is 22.1. The van der Waals surface area contributed by atoms with Gasteiger partial charge in [0.05, 0.1) is 23.4 Å². The van der Waals surface area contributed by atoms with Gasteiger partial charge in [-0.15, -0.1) is 0 Å². The smallest absolute Gasteiger partial charge is 0.339 e. The van der Waals surface area contributed by atoms with Gasteiger partial charge in [0.1, 0.15) is 5.82 Å². The van der Waals surface area contributed by atoms with Crippen LogP contribution in [0.15, 0.2) is 77.4 Å². The summed E-state index contributed by atoms with van der Waals surface area (Å²) in [5.41, 5.74) is 3.58. The molecule has 0 bridgehead atoms. The molecule has 30 heavy (non-hydrogen) atoms. The third-order valence-corrected chi connectivity index (χ3v) is 5.48. The van der Waals surface area contributed by atoms with Crippen molar-refractivity contribution in [1.82, 2.24) is 4.57 Å². The molecule has 1 aromatic heterocycles. The summed E-state index contributed by atoms with van der Waals surface area (Å²) >= 11 is 3.37. The molecule has 4 aromatic rings. The number of carbonyl (C=O) groups excluding carboxylic acids is 1. The quantitative estimate of drug-likeness (QED) is 0.338. The molecule has 0 aliphatic rings. The first-order chi connectivity index (χ1) is 14.6. The number of carbonyl (C=O) groups is 1. The van der Waals surface area contributed by atoms with E-state index in [0.717, 1.165) is 23.1 Å². The van der Waals surface area contributed by atoms with Gasteiger partial charge in [0.25, 0.3) is 0 Å². The van der Waals surface area contributed by atoms with Crippen LogP contribution in [0.25, 0.3) is 16.6 Å². The molecule has 0 aliphatic heterocycles. The number of nitrogens with zero attached hydrogens (tertiary/aromatic N) is 1. The highest BCUT2D eigenvalue weighted by molar-refractivity contribution is 9.10. The molecule has 6 heteroatoms. The molecule has 4 rings (SSSR count). The molecule has 152 valence electrons. The van der Waals surface area contributed by atoms with Crippen molar-refractivity contribution in [2.24, 2.45) is 0 Å². The first-order valence-electron chi connectivity index (χ1n) is 9.62. The monoisotopic (exact) mass is 466 g/mol. The fraction of sp³-hybridized carbons (Fsp3) is 0.125. The number of halogens is 2. The van der Waals surface area contributed by atoms with Crippen molar-refractivity contribution in [1.29, 1.82) is 0 Å². The van der Waals surface area contributed by atoms with Crippen molar-refractivity contribution in [2.45, 2.75) is 13.5 Å². The zero-order chi connectivity index (χ0) is 21.1. The van der Waals surface area contributed by atoms with Crippen molar-refractivity contribution in [3.8, 4) is 5.69 Å². The first-order valence-corrected chi connectivity index (χ1v) is 10.4. The van der Waals surface area contributed by atoms with Crippen molar-refractivity contribution in [3.63, 3.8) is 0 Å². The maximum absolute atomic E-state index is 14.8. The SMILES string of the molecule is CCOC(=O)c1cc(F)c(-n2ccc3cc(NCc4ccccc4)ccc32)cc1Br. The van der Waals surface area contributed by atoms with Crippen LogP contribution in [0.3, 0.4) is 0 Å². The van der Waals surface area contributed by atoms with E-state index in [4.69, 9.17) is 4.74 Å². The van der Waals surface area contributed by atoms with E-state index in [1.165, 1.54) is 11.6 Å². The van der Waals surface area contributed by atoms with Crippen LogP contribution in [0.5, 0.6) is 0 Å². The Kier molecular flexibility index (Phi) is 5.86. The van der Waals surface area contributed by atoms with Gasteiger partial charge in [0.2, 0.25) is 0 Å². The van der Waals surface area contributed by atoms with Crippen LogP contribution in [-0.4, -0.2) is 17.1 Å². The van der Waals surface area contributed by atoms with Gasteiger partial charge in [-0.05, 0) is 64.8 Å². The maximum Gasteiger partial charge on any atom is 0.339 e. The van der Waals surface area contributed by atoms with Gasteiger partial charge >= 0.3 is 5.97 Å². The predicted octanol–water partition coefficient (Wildman–Crippen LogP) is 6.32. The topological polar surface area (TPSA) is 43.3 Å². The molecule has 4 nitrogen and oxygen atoms in total. The van der Waals surface area contributed by atoms with E-state index in [2.05, 4.69) is 33.4 Å².